The first kappa shape index (κ1) is 25.5. The highest BCUT2D eigenvalue weighted by Gasteiger charge is 2.58. The molecule has 1 saturated heterocycles. The second kappa shape index (κ2) is 10.3. The maximum atomic E-state index is 10.9. The number of carboxylic acids is 1. The van der Waals surface area contributed by atoms with Crippen molar-refractivity contribution in [1.82, 2.24) is 0 Å². The minimum atomic E-state index is -0.677. The quantitative estimate of drug-likeness (QED) is 0.297. The Morgan fingerprint density at radius 3 is 2.77 bits per heavy atom. The highest BCUT2D eigenvalue weighted by Crippen LogP contribution is 2.67. The highest BCUT2D eigenvalue weighted by molar-refractivity contribution is 5.66. The zero-order chi connectivity index (χ0) is 24.6. The van der Waals surface area contributed by atoms with Crippen LogP contribution in [0, 0.1) is 34.5 Å². The van der Waals surface area contributed by atoms with Crippen LogP contribution in [0.3, 0.4) is 0 Å². The molecule has 0 aromatic carbocycles. The van der Waals surface area contributed by atoms with E-state index in [4.69, 9.17) is 14.6 Å². The molecule has 4 heteroatoms. The Labute approximate surface area is 212 Å². The SMILES string of the molecule is C/C(=C\CCCC(=O)O)[C@H]1CCC2C3CC=C4C[C@@H](OC5CCCCO5)CCC4(C)C3CC[C@@]21C. The summed E-state index contributed by atoms with van der Waals surface area (Å²) in [5.41, 5.74) is 3.99. The van der Waals surface area contributed by atoms with Gasteiger partial charge in [-0.1, -0.05) is 37.1 Å². The molecule has 0 spiro atoms. The number of carbonyl (C=O) groups is 1. The third-order valence-corrected chi connectivity index (χ3v) is 11.2. The summed E-state index contributed by atoms with van der Waals surface area (Å²) in [6.07, 6.45) is 21.0. The molecule has 8 atom stereocenters. The number of hydrogen-bond acceptors (Lipinski definition) is 3. The minimum Gasteiger partial charge on any atom is -0.481 e. The fourth-order valence-corrected chi connectivity index (χ4v) is 9.25. The summed E-state index contributed by atoms with van der Waals surface area (Å²) >= 11 is 0. The lowest BCUT2D eigenvalue weighted by Gasteiger charge is -2.58. The molecule has 0 aromatic heterocycles. The number of aliphatic carboxylic acids is 1. The molecule has 5 rings (SSSR count). The van der Waals surface area contributed by atoms with E-state index >= 15 is 0 Å². The highest BCUT2D eigenvalue weighted by atomic mass is 16.7. The Morgan fingerprint density at radius 1 is 1.14 bits per heavy atom. The average molecular weight is 485 g/mol. The third kappa shape index (κ3) is 4.91. The second-order valence-electron chi connectivity index (χ2n) is 13.0. The predicted octanol–water partition coefficient (Wildman–Crippen LogP) is 7.68. The van der Waals surface area contributed by atoms with E-state index in [-0.39, 0.29) is 12.7 Å². The number of hydrogen-bond donors (Lipinski definition) is 1. The molecule has 3 saturated carbocycles. The Kier molecular flexibility index (Phi) is 7.53. The van der Waals surface area contributed by atoms with Crippen molar-refractivity contribution in [2.45, 2.75) is 123 Å². The fourth-order valence-electron chi connectivity index (χ4n) is 9.25. The summed E-state index contributed by atoms with van der Waals surface area (Å²) in [6, 6.07) is 0. The summed E-state index contributed by atoms with van der Waals surface area (Å²) in [5.74, 6) is 2.48. The van der Waals surface area contributed by atoms with Crippen LogP contribution in [0.5, 0.6) is 0 Å². The summed E-state index contributed by atoms with van der Waals surface area (Å²) in [4.78, 5) is 10.9. The van der Waals surface area contributed by atoms with Gasteiger partial charge in [0.1, 0.15) is 0 Å². The summed E-state index contributed by atoms with van der Waals surface area (Å²) in [6.45, 7) is 8.37. The van der Waals surface area contributed by atoms with Gasteiger partial charge in [-0.3, -0.25) is 4.79 Å². The van der Waals surface area contributed by atoms with Crippen LogP contribution >= 0.6 is 0 Å². The van der Waals surface area contributed by atoms with Gasteiger partial charge in [-0.15, -0.1) is 0 Å². The maximum absolute atomic E-state index is 10.9. The zero-order valence-corrected chi connectivity index (χ0v) is 22.4. The number of carboxylic acid groups (broad SMARTS) is 1. The van der Waals surface area contributed by atoms with Crippen molar-refractivity contribution < 1.29 is 19.4 Å². The van der Waals surface area contributed by atoms with Gasteiger partial charge in [0.05, 0.1) is 6.10 Å². The van der Waals surface area contributed by atoms with Gasteiger partial charge in [-0.2, -0.15) is 0 Å². The number of ether oxygens (including phenoxy) is 2. The van der Waals surface area contributed by atoms with E-state index in [0.717, 1.165) is 50.0 Å². The minimum absolute atomic E-state index is 0.0290. The lowest BCUT2D eigenvalue weighted by atomic mass is 9.47. The Morgan fingerprint density at radius 2 is 2.00 bits per heavy atom. The molecule has 0 bridgehead atoms. The van der Waals surface area contributed by atoms with Crippen molar-refractivity contribution in [3.05, 3.63) is 23.3 Å². The Balaban J connectivity index is 1.25. The van der Waals surface area contributed by atoms with Gasteiger partial charge in [0, 0.05) is 13.0 Å². The molecule has 4 aliphatic carbocycles. The molecule has 5 aliphatic rings. The van der Waals surface area contributed by atoms with Crippen LogP contribution in [-0.2, 0) is 14.3 Å². The zero-order valence-electron chi connectivity index (χ0n) is 22.4. The molecule has 1 heterocycles. The van der Waals surface area contributed by atoms with E-state index in [1.54, 1.807) is 5.57 Å². The molecule has 4 nitrogen and oxygen atoms in total. The fraction of sp³-hybridized carbons (Fsp3) is 0.839. The lowest BCUT2D eigenvalue weighted by molar-refractivity contribution is -0.195. The third-order valence-electron chi connectivity index (χ3n) is 11.2. The average Bonchev–Trinajstić information content (AvgIpc) is 3.20. The molecule has 5 unspecified atom stereocenters. The molecule has 4 fully saturated rings. The lowest BCUT2D eigenvalue weighted by Crippen LogP contribution is -2.50. The van der Waals surface area contributed by atoms with Gasteiger partial charge < -0.3 is 14.6 Å². The van der Waals surface area contributed by atoms with Crippen molar-refractivity contribution in [2.75, 3.05) is 6.61 Å². The summed E-state index contributed by atoms with van der Waals surface area (Å²) in [7, 11) is 0. The smallest absolute Gasteiger partial charge is 0.303 e. The second-order valence-corrected chi connectivity index (χ2v) is 13.0. The van der Waals surface area contributed by atoms with Crippen molar-refractivity contribution in [1.29, 1.82) is 0 Å². The van der Waals surface area contributed by atoms with E-state index in [0.29, 0.717) is 22.9 Å². The number of rotatable bonds is 7. The van der Waals surface area contributed by atoms with Crippen LogP contribution in [0.4, 0.5) is 0 Å². The van der Waals surface area contributed by atoms with Crippen LogP contribution in [0.25, 0.3) is 0 Å². The van der Waals surface area contributed by atoms with Gasteiger partial charge in [-0.05, 0) is 125 Å². The van der Waals surface area contributed by atoms with Gasteiger partial charge in [0.2, 0.25) is 0 Å². The standard InChI is InChI=1S/C31H48O4/c1-21(8-4-5-9-28(32)33)25-13-14-26-24-12-11-22-20-23(35-29-10-6-7-19-34-29)15-17-30(22,2)27(24)16-18-31(25,26)3/h8,11,23-27,29H,4-7,9-10,12-20H2,1-3H3,(H,32,33)/b21-8+/t23-,24?,25+,26?,27?,29?,30?,31+/m0/s1. The van der Waals surface area contributed by atoms with Crippen LogP contribution in [0.2, 0.25) is 0 Å². The largest absolute Gasteiger partial charge is 0.481 e. The first-order valence-electron chi connectivity index (χ1n) is 14.7. The Bertz CT molecular complexity index is 839. The normalized spacial score (nSPS) is 43.6. The summed E-state index contributed by atoms with van der Waals surface area (Å²) < 4.78 is 12.3. The van der Waals surface area contributed by atoms with Crippen molar-refractivity contribution in [2.24, 2.45) is 34.5 Å². The van der Waals surface area contributed by atoms with Crippen molar-refractivity contribution in [3.63, 3.8) is 0 Å². The first-order chi connectivity index (χ1) is 16.8. The number of fused-ring (bicyclic) bond motifs is 5. The molecule has 1 aliphatic heterocycles. The first-order valence-corrected chi connectivity index (χ1v) is 14.7. The molecule has 196 valence electrons. The monoisotopic (exact) mass is 484 g/mol. The van der Waals surface area contributed by atoms with E-state index in [1.807, 2.05) is 0 Å². The van der Waals surface area contributed by atoms with Gasteiger partial charge in [-0.25, -0.2) is 0 Å². The van der Waals surface area contributed by atoms with Crippen LogP contribution in [0.1, 0.15) is 111 Å². The van der Waals surface area contributed by atoms with Gasteiger partial charge in [0.25, 0.3) is 0 Å². The van der Waals surface area contributed by atoms with E-state index in [2.05, 4.69) is 32.9 Å². The molecular weight excluding hydrogens is 436 g/mol. The van der Waals surface area contributed by atoms with Crippen molar-refractivity contribution >= 4 is 5.97 Å². The van der Waals surface area contributed by atoms with E-state index in [9.17, 15) is 4.79 Å². The molecule has 35 heavy (non-hydrogen) atoms. The molecule has 0 aromatic rings. The van der Waals surface area contributed by atoms with Crippen LogP contribution < -0.4 is 0 Å². The number of allylic oxidation sites excluding steroid dienone is 3. The van der Waals surface area contributed by atoms with Gasteiger partial charge in [0.15, 0.2) is 6.29 Å². The van der Waals surface area contributed by atoms with E-state index < -0.39 is 5.97 Å². The molecular formula is C31H48O4. The topological polar surface area (TPSA) is 55.8 Å². The molecule has 0 radical (unpaired) electrons. The number of unbranched alkanes of at least 4 members (excludes halogenated alkanes) is 1. The summed E-state index contributed by atoms with van der Waals surface area (Å²) in [5, 5.41) is 8.95. The maximum Gasteiger partial charge on any atom is 0.303 e. The van der Waals surface area contributed by atoms with Crippen molar-refractivity contribution in [3.8, 4) is 0 Å². The Hall–Kier alpha value is -1.13. The predicted molar refractivity (Wildman–Crippen MR) is 139 cm³/mol. The van der Waals surface area contributed by atoms with Gasteiger partial charge >= 0.3 is 5.97 Å². The molecule has 1 N–H and O–H groups in total. The van der Waals surface area contributed by atoms with Crippen LogP contribution in [0.15, 0.2) is 23.3 Å². The molecule has 0 amide bonds. The van der Waals surface area contributed by atoms with Crippen LogP contribution in [-0.4, -0.2) is 30.1 Å². The van der Waals surface area contributed by atoms with E-state index in [1.165, 1.54) is 63.4 Å².